The van der Waals surface area contributed by atoms with E-state index in [4.69, 9.17) is 0 Å². The van der Waals surface area contributed by atoms with Crippen LogP contribution in [-0.4, -0.2) is 15.6 Å². The molecule has 0 atom stereocenters. The zero-order valence-corrected chi connectivity index (χ0v) is 10.8. The largest absolute Gasteiger partial charge is 0.478 e. The summed E-state index contributed by atoms with van der Waals surface area (Å²) >= 11 is 0. The van der Waals surface area contributed by atoms with Crippen molar-refractivity contribution in [2.24, 2.45) is 0 Å². The Bertz CT molecular complexity index is 432. The number of aromatic carboxylic acids is 1. The molecule has 1 aromatic rings. The minimum atomic E-state index is -0.754. The predicted molar refractivity (Wildman–Crippen MR) is 67.7 cm³/mol. The van der Waals surface area contributed by atoms with Crippen LogP contribution in [0.2, 0.25) is 0 Å². The molecule has 0 bridgehead atoms. The number of carboxylic acids is 1. The number of fused-ring (bicyclic) bond motifs is 1. The molecule has 0 saturated heterocycles. The molecule has 17 heavy (non-hydrogen) atoms. The van der Waals surface area contributed by atoms with Crippen molar-refractivity contribution < 1.29 is 9.90 Å². The van der Waals surface area contributed by atoms with E-state index in [9.17, 15) is 9.90 Å². The van der Waals surface area contributed by atoms with Crippen LogP contribution in [0.3, 0.4) is 0 Å². The average molecular weight is 235 g/mol. The molecule has 0 spiro atoms. The van der Waals surface area contributed by atoms with Gasteiger partial charge < -0.3 is 9.67 Å². The summed E-state index contributed by atoms with van der Waals surface area (Å²) in [6.07, 6.45) is 6.59. The van der Waals surface area contributed by atoms with E-state index in [1.54, 1.807) is 0 Å². The van der Waals surface area contributed by atoms with Crippen LogP contribution in [0.25, 0.3) is 0 Å². The molecule has 0 amide bonds. The van der Waals surface area contributed by atoms with Gasteiger partial charge in [0, 0.05) is 17.9 Å². The number of aromatic nitrogens is 1. The number of carbonyl (C=O) groups is 1. The fraction of sp³-hybridized carbons (Fsp3) is 0.643. The number of unbranched alkanes of at least 4 members (excludes halogenated alkanes) is 1. The smallest absolute Gasteiger partial charge is 0.337 e. The third-order valence-electron chi connectivity index (χ3n) is 3.78. The first-order chi connectivity index (χ1) is 8.16. The summed E-state index contributed by atoms with van der Waals surface area (Å²) in [5.74, 6) is -0.754. The first-order valence-electron chi connectivity index (χ1n) is 6.61. The molecule has 1 aliphatic rings. The molecule has 94 valence electrons. The van der Waals surface area contributed by atoms with Crippen molar-refractivity contribution in [3.8, 4) is 0 Å². The van der Waals surface area contributed by atoms with Crippen LogP contribution in [0, 0.1) is 6.92 Å². The van der Waals surface area contributed by atoms with Crippen LogP contribution < -0.4 is 0 Å². The Hall–Kier alpha value is -1.25. The topological polar surface area (TPSA) is 42.2 Å². The quantitative estimate of drug-likeness (QED) is 0.871. The van der Waals surface area contributed by atoms with Crippen molar-refractivity contribution in [2.75, 3.05) is 0 Å². The monoisotopic (exact) mass is 235 g/mol. The Morgan fingerprint density at radius 2 is 2.06 bits per heavy atom. The van der Waals surface area contributed by atoms with Gasteiger partial charge in [0.05, 0.1) is 5.56 Å². The second-order valence-electron chi connectivity index (χ2n) is 4.90. The molecule has 0 unspecified atom stereocenters. The molecule has 1 N–H and O–H groups in total. The zero-order chi connectivity index (χ0) is 12.4. The van der Waals surface area contributed by atoms with E-state index >= 15 is 0 Å². The van der Waals surface area contributed by atoms with Crippen molar-refractivity contribution in [2.45, 2.75) is 58.9 Å². The van der Waals surface area contributed by atoms with Gasteiger partial charge in [0.15, 0.2) is 0 Å². The standard InChI is InChI=1S/C14H21NO2/c1-3-4-9-15-10(2)13(14(16)17)11-7-5-6-8-12(11)15/h3-9H2,1-2H3,(H,16,17). The summed E-state index contributed by atoms with van der Waals surface area (Å²) in [4.78, 5) is 11.4. The van der Waals surface area contributed by atoms with Crippen LogP contribution in [-0.2, 0) is 19.4 Å². The van der Waals surface area contributed by atoms with Crippen LogP contribution in [0.4, 0.5) is 0 Å². The maximum Gasteiger partial charge on any atom is 0.337 e. The second-order valence-corrected chi connectivity index (χ2v) is 4.90. The lowest BCUT2D eigenvalue weighted by Crippen LogP contribution is -2.09. The van der Waals surface area contributed by atoms with Gasteiger partial charge in [0.25, 0.3) is 0 Å². The molecule has 0 fully saturated rings. The van der Waals surface area contributed by atoms with Gasteiger partial charge in [0.2, 0.25) is 0 Å². The molecule has 0 aliphatic heterocycles. The zero-order valence-electron chi connectivity index (χ0n) is 10.8. The molecule has 3 heteroatoms. The molecule has 1 aromatic heterocycles. The van der Waals surface area contributed by atoms with Crippen molar-refractivity contribution in [1.29, 1.82) is 0 Å². The van der Waals surface area contributed by atoms with Gasteiger partial charge in [-0.1, -0.05) is 13.3 Å². The van der Waals surface area contributed by atoms with E-state index in [1.807, 2.05) is 6.92 Å². The normalized spacial score (nSPS) is 14.7. The van der Waals surface area contributed by atoms with Gasteiger partial charge in [0.1, 0.15) is 0 Å². The van der Waals surface area contributed by atoms with Crippen LogP contribution in [0.1, 0.15) is 59.9 Å². The Balaban J connectivity index is 2.47. The molecule has 3 nitrogen and oxygen atoms in total. The Labute approximate surface area is 102 Å². The van der Waals surface area contributed by atoms with Crippen LogP contribution in [0.5, 0.6) is 0 Å². The lowest BCUT2D eigenvalue weighted by atomic mass is 9.94. The van der Waals surface area contributed by atoms with Crippen molar-refractivity contribution in [1.82, 2.24) is 4.57 Å². The third-order valence-corrected chi connectivity index (χ3v) is 3.78. The van der Waals surface area contributed by atoms with Crippen molar-refractivity contribution in [3.05, 3.63) is 22.5 Å². The summed E-state index contributed by atoms with van der Waals surface area (Å²) in [7, 11) is 0. The number of hydrogen-bond donors (Lipinski definition) is 1. The highest BCUT2D eigenvalue weighted by molar-refractivity contribution is 5.91. The van der Waals surface area contributed by atoms with E-state index < -0.39 is 5.97 Å². The summed E-state index contributed by atoms with van der Waals surface area (Å²) in [6.45, 7) is 5.10. The third kappa shape index (κ3) is 2.11. The van der Waals surface area contributed by atoms with Gasteiger partial charge in [-0.05, 0) is 44.6 Å². The molecule has 0 radical (unpaired) electrons. The van der Waals surface area contributed by atoms with Gasteiger partial charge in [-0.25, -0.2) is 4.79 Å². The van der Waals surface area contributed by atoms with E-state index in [2.05, 4.69) is 11.5 Å². The van der Waals surface area contributed by atoms with Gasteiger partial charge in [-0.2, -0.15) is 0 Å². The Morgan fingerprint density at radius 3 is 2.71 bits per heavy atom. The average Bonchev–Trinajstić information content (AvgIpc) is 2.58. The predicted octanol–water partition coefficient (Wildman–Crippen LogP) is 3.17. The maximum atomic E-state index is 11.4. The number of hydrogen-bond acceptors (Lipinski definition) is 1. The number of rotatable bonds is 4. The maximum absolute atomic E-state index is 11.4. The molecular weight excluding hydrogens is 214 g/mol. The summed E-state index contributed by atoms with van der Waals surface area (Å²) in [5, 5.41) is 9.35. The molecule has 1 aliphatic carbocycles. The van der Waals surface area contributed by atoms with Gasteiger partial charge in [-0.3, -0.25) is 0 Å². The van der Waals surface area contributed by atoms with Gasteiger partial charge in [-0.15, -0.1) is 0 Å². The van der Waals surface area contributed by atoms with Crippen molar-refractivity contribution in [3.63, 3.8) is 0 Å². The minimum Gasteiger partial charge on any atom is -0.478 e. The molecule has 2 rings (SSSR count). The highest BCUT2D eigenvalue weighted by Gasteiger charge is 2.25. The molecule has 0 aromatic carbocycles. The first-order valence-corrected chi connectivity index (χ1v) is 6.61. The Kier molecular flexibility index (Phi) is 3.55. The fourth-order valence-corrected chi connectivity index (χ4v) is 2.92. The van der Waals surface area contributed by atoms with E-state index in [1.165, 1.54) is 12.1 Å². The van der Waals surface area contributed by atoms with Gasteiger partial charge >= 0.3 is 5.97 Å². The summed E-state index contributed by atoms with van der Waals surface area (Å²) in [6, 6.07) is 0. The van der Waals surface area contributed by atoms with Crippen molar-refractivity contribution >= 4 is 5.97 Å². The lowest BCUT2D eigenvalue weighted by molar-refractivity contribution is 0.0694. The molecule has 0 saturated carbocycles. The number of carboxylic acid groups (broad SMARTS) is 1. The van der Waals surface area contributed by atoms with Crippen LogP contribution >= 0.6 is 0 Å². The first kappa shape index (κ1) is 12.2. The summed E-state index contributed by atoms with van der Waals surface area (Å²) < 4.78 is 2.25. The SMILES string of the molecule is CCCCn1c(C)c(C(=O)O)c2c1CCCC2. The fourth-order valence-electron chi connectivity index (χ4n) is 2.92. The minimum absolute atomic E-state index is 0.579. The highest BCUT2D eigenvalue weighted by Crippen LogP contribution is 2.30. The lowest BCUT2D eigenvalue weighted by Gasteiger charge is -2.16. The van der Waals surface area contributed by atoms with Crippen LogP contribution in [0.15, 0.2) is 0 Å². The number of nitrogens with zero attached hydrogens (tertiary/aromatic N) is 1. The van der Waals surface area contributed by atoms with E-state index in [0.717, 1.165) is 49.9 Å². The second kappa shape index (κ2) is 4.94. The molecule has 1 heterocycles. The van der Waals surface area contributed by atoms with E-state index in [-0.39, 0.29) is 0 Å². The molecular formula is C14H21NO2. The van der Waals surface area contributed by atoms with E-state index in [0.29, 0.717) is 5.56 Å². The highest BCUT2D eigenvalue weighted by atomic mass is 16.4. The Morgan fingerprint density at radius 1 is 1.35 bits per heavy atom. The summed E-state index contributed by atoms with van der Waals surface area (Å²) in [5.41, 5.74) is 3.94.